The summed E-state index contributed by atoms with van der Waals surface area (Å²) >= 11 is 1.40. The Morgan fingerprint density at radius 1 is 1.56 bits per heavy atom. The first-order chi connectivity index (χ1) is 4.29. The number of thioether (sulfide) groups is 1. The lowest BCUT2D eigenvalue weighted by atomic mass is 10.5. The number of carbonyl (C=O) groups excluding carboxylic acids is 1. The summed E-state index contributed by atoms with van der Waals surface area (Å²) in [5.74, 6) is 0. The van der Waals surface area contributed by atoms with Gasteiger partial charge in [0.15, 0.2) is 5.12 Å². The summed E-state index contributed by atoms with van der Waals surface area (Å²) in [4.78, 5) is 10.5. The predicted molar refractivity (Wildman–Crippen MR) is 38.1 cm³/mol. The average molecular weight is 146 g/mol. The van der Waals surface area contributed by atoms with Crippen molar-refractivity contribution in [3.05, 3.63) is 0 Å². The van der Waals surface area contributed by atoms with Crippen molar-refractivity contribution in [3.63, 3.8) is 0 Å². The zero-order chi connectivity index (χ0) is 6.69. The largest absolute Gasteiger partial charge is 0.288 e. The van der Waals surface area contributed by atoms with Gasteiger partial charge in [-0.1, -0.05) is 11.8 Å². The van der Waals surface area contributed by atoms with Crippen molar-refractivity contribution in [2.45, 2.75) is 12.2 Å². The van der Waals surface area contributed by atoms with E-state index in [4.69, 9.17) is 0 Å². The second-order valence-electron chi connectivity index (χ2n) is 1.99. The van der Waals surface area contributed by atoms with E-state index in [-0.39, 0.29) is 5.12 Å². The van der Waals surface area contributed by atoms with Gasteiger partial charge in [-0.15, -0.1) is 0 Å². The van der Waals surface area contributed by atoms with Crippen LogP contribution >= 0.6 is 11.8 Å². The van der Waals surface area contributed by atoms with E-state index in [0.29, 0.717) is 5.25 Å². The zero-order valence-electron chi connectivity index (χ0n) is 5.31. The van der Waals surface area contributed by atoms with Gasteiger partial charge in [-0.25, -0.2) is 0 Å². The summed E-state index contributed by atoms with van der Waals surface area (Å²) in [6.45, 7) is 3.39. The van der Waals surface area contributed by atoms with Crippen molar-refractivity contribution >= 4 is 16.9 Å². The minimum atomic E-state index is 0.200. The molecule has 1 aliphatic heterocycles. The molecule has 0 aromatic heterocycles. The molecule has 1 heterocycles. The summed E-state index contributed by atoms with van der Waals surface area (Å²) in [5.41, 5.74) is 5.91. The molecule has 0 aliphatic carbocycles. The number of carbonyl (C=O) groups is 1. The first-order valence-corrected chi connectivity index (χ1v) is 3.80. The maximum atomic E-state index is 10.5. The highest BCUT2D eigenvalue weighted by molar-refractivity contribution is 8.14. The first-order valence-electron chi connectivity index (χ1n) is 2.92. The number of rotatable bonds is 1. The van der Waals surface area contributed by atoms with Crippen molar-refractivity contribution in [1.29, 1.82) is 0 Å². The van der Waals surface area contributed by atoms with Crippen LogP contribution in [-0.2, 0) is 4.79 Å². The van der Waals surface area contributed by atoms with Crippen LogP contribution in [0.2, 0.25) is 0 Å². The van der Waals surface area contributed by atoms with Crippen LogP contribution in [0.15, 0.2) is 0 Å². The van der Waals surface area contributed by atoms with E-state index in [0.717, 1.165) is 13.1 Å². The molecule has 0 amide bonds. The Kier molecular flexibility index (Phi) is 2.50. The van der Waals surface area contributed by atoms with Gasteiger partial charge in [-0.3, -0.25) is 15.6 Å². The molecule has 0 atom stereocenters. The summed E-state index contributed by atoms with van der Waals surface area (Å²) in [6, 6.07) is 0. The summed E-state index contributed by atoms with van der Waals surface area (Å²) in [7, 11) is 0. The molecule has 2 N–H and O–H groups in total. The van der Waals surface area contributed by atoms with Gasteiger partial charge in [-0.05, 0) is 0 Å². The lowest BCUT2D eigenvalue weighted by molar-refractivity contribution is -0.109. The Morgan fingerprint density at radius 2 is 2.11 bits per heavy atom. The third-order valence-electron chi connectivity index (χ3n) is 1.12. The fraction of sp³-hybridized carbons (Fsp3) is 0.800. The van der Waals surface area contributed by atoms with Gasteiger partial charge in [0, 0.05) is 25.3 Å². The van der Waals surface area contributed by atoms with Gasteiger partial charge in [-0.2, -0.15) is 0 Å². The average Bonchev–Trinajstić information content (AvgIpc) is 2.15. The number of hydrogen-bond donors (Lipinski definition) is 2. The van der Waals surface area contributed by atoms with E-state index in [1.54, 1.807) is 6.92 Å². The molecule has 0 spiro atoms. The molecule has 1 saturated heterocycles. The van der Waals surface area contributed by atoms with E-state index in [1.165, 1.54) is 11.8 Å². The summed E-state index contributed by atoms with van der Waals surface area (Å²) in [5, 5.41) is 0.632. The highest BCUT2D eigenvalue weighted by Gasteiger charge is 2.15. The zero-order valence-corrected chi connectivity index (χ0v) is 6.12. The fourth-order valence-corrected chi connectivity index (χ4v) is 1.56. The third kappa shape index (κ3) is 2.34. The molecule has 1 aliphatic rings. The van der Waals surface area contributed by atoms with Gasteiger partial charge in [0.2, 0.25) is 0 Å². The number of hydrazine groups is 1. The van der Waals surface area contributed by atoms with Crippen LogP contribution in [0.1, 0.15) is 6.92 Å². The molecular weight excluding hydrogens is 136 g/mol. The van der Waals surface area contributed by atoms with Crippen LogP contribution in [0.4, 0.5) is 0 Å². The predicted octanol–water partition coefficient (Wildman–Crippen LogP) is -0.258. The van der Waals surface area contributed by atoms with Crippen LogP contribution in [0, 0.1) is 0 Å². The minimum Gasteiger partial charge on any atom is -0.288 e. The molecule has 0 aromatic carbocycles. The number of nitrogens with one attached hydrogen (secondary N) is 2. The van der Waals surface area contributed by atoms with Gasteiger partial charge >= 0.3 is 0 Å². The Labute approximate surface area is 58.5 Å². The molecule has 0 aromatic rings. The monoisotopic (exact) mass is 146 g/mol. The summed E-state index contributed by atoms with van der Waals surface area (Å²) < 4.78 is 0. The van der Waals surface area contributed by atoms with E-state index in [9.17, 15) is 4.79 Å². The van der Waals surface area contributed by atoms with E-state index >= 15 is 0 Å². The fourth-order valence-electron chi connectivity index (χ4n) is 0.762. The normalized spacial score (nSPS) is 20.6. The molecule has 9 heavy (non-hydrogen) atoms. The molecule has 0 bridgehead atoms. The lowest BCUT2D eigenvalue weighted by Gasteiger charge is -2.00. The van der Waals surface area contributed by atoms with Crippen molar-refractivity contribution in [2.75, 3.05) is 13.1 Å². The first kappa shape index (κ1) is 7.05. The SMILES string of the molecule is CC(=O)SC1CNNC1. The van der Waals surface area contributed by atoms with Crippen LogP contribution in [-0.4, -0.2) is 23.5 Å². The van der Waals surface area contributed by atoms with Gasteiger partial charge < -0.3 is 0 Å². The van der Waals surface area contributed by atoms with Crippen molar-refractivity contribution < 1.29 is 4.79 Å². The Bertz CT molecular complexity index is 112. The molecule has 1 rings (SSSR count). The van der Waals surface area contributed by atoms with E-state index < -0.39 is 0 Å². The summed E-state index contributed by atoms with van der Waals surface area (Å²) in [6.07, 6.45) is 0. The topological polar surface area (TPSA) is 41.1 Å². The van der Waals surface area contributed by atoms with Crippen molar-refractivity contribution in [2.24, 2.45) is 0 Å². The molecule has 0 radical (unpaired) electrons. The molecular formula is C5H10N2OS. The van der Waals surface area contributed by atoms with Gasteiger partial charge in [0.1, 0.15) is 0 Å². The Morgan fingerprint density at radius 3 is 2.56 bits per heavy atom. The molecule has 3 nitrogen and oxygen atoms in total. The molecule has 0 saturated carbocycles. The van der Waals surface area contributed by atoms with E-state index in [2.05, 4.69) is 10.9 Å². The van der Waals surface area contributed by atoms with Crippen LogP contribution in [0.25, 0.3) is 0 Å². The van der Waals surface area contributed by atoms with E-state index in [1.807, 2.05) is 0 Å². The maximum absolute atomic E-state index is 10.5. The highest BCUT2D eigenvalue weighted by atomic mass is 32.2. The Balaban J connectivity index is 2.19. The molecule has 52 valence electrons. The van der Waals surface area contributed by atoms with Gasteiger partial charge in [0.25, 0.3) is 0 Å². The van der Waals surface area contributed by atoms with Crippen molar-refractivity contribution in [1.82, 2.24) is 10.9 Å². The lowest BCUT2D eigenvalue weighted by Crippen LogP contribution is -2.21. The smallest absolute Gasteiger partial charge is 0.186 e. The minimum absolute atomic E-state index is 0.200. The van der Waals surface area contributed by atoms with Crippen LogP contribution in [0.3, 0.4) is 0 Å². The standard InChI is InChI=1S/C5H10N2OS/c1-4(8)9-5-2-6-7-3-5/h5-7H,2-3H2,1H3. The highest BCUT2D eigenvalue weighted by Crippen LogP contribution is 2.11. The van der Waals surface area contributed by atoms with Crippen LogP contribution < -0.4 is 10.9 Å². The maximum Gasteiger partial charge on any atom is 0.186 e. The second-order valence-corrected chi connectivity index (χ2v) is 3.47. The van der Waals surface area contributed by atoms with Gasteiger partial charge in [0.05, 0.1) is 0 Å². The second kappa shape index (κ2) is 3.20. The third-order valence-corrected chi connectivity index (χ3v) is 2.12. The molecule has 4 heteroatoms. The van der Waals surface area contributed by atoms with Crippen molar-refractivity contribution in [3.8, 4) is 0 Å². The molecule has 1 fully saturated rings. The Hall–Kier alpha value is -0.0600. The quantitative estimate of drug-likeness (QED) is 0.535. The molecule has 0 unspecified atom stereocenters. The van der Waals surface area contributed by atoms with Crippen LogP contribution in [0.5, 0.6) is 0 Å². The number of hydrogen-bond acceptors (Lipinski definition) is 4.